The van der Waals surface area contributed by atoms with Crippen molar-refractivity contribution in [2.45, 2.75) is 76.7 Å². The summed E-state index contributed by atoms with van der Waals surface area (Å²) in [6.45, 7) is 9.81. The van der Waals surface area contributed by atoms with Gasteiger partial charge in [-0.2, -0.15) is 10.5 Å². The molecule has 0 aromatic heterocycles. The quantitative estimate of drug-likeness (QED) is 0.311. The average Bonchev–Trinajstić information content (AvgIpc) is 3.24. The molecule has 0 N–H and O–H groups in total. The molecular weight excluding hydrogens is 466 g/mol. The topological polar surface area (TPSA) is 85.0 Å². The van der Waals surface area contributed by atoms with Gasteiger partial charge in [-0.15, -0.1) is 0 Å². The van der Waals surface area contributed by atoms with Gasteiger partial charge in [0.05, 0.1) is 9.80 Å². The molecule has 0 amide bonds. The molecular formula is C30H33N3O2S. The van der Waals surface area contributed by atoms with Crippen LogP contribution in [-0.2, 0) is 16.3 Å². The van der Waals surface area contributed by atoms with E-state index in [0.717, 1.165) is 30.5 Å². The highest BCUT2D eigenvalue weighted by molar-refractivity contribution is 7.96. The summed E-state index contributed by atoms with van der Waals surface area (Å²) < 4.78 is 27.0. The minimum Gasteiger partial charge on any atom is -0.366 e. The van der Waals surface area contributed by atoms with Crippen LogP contribution in [0.25, 0.3) is 11.6 Å². The third kappa shape index (κ3) is 4.36. The van der Waals surface area contributed by atoms with E-state index in [-0.39, 0.29) is 26.5 Å². The molecule has 0 aliphatic carbocycles. The van der Waals surface area contributed by atoms with Crippen LogP contribution in [-0.4, -0.2) is 20.5 Å². The molecule has 0 bridgehead atoms. The summed E-state index contributed by atoms with van der Waals surface area (Å²) in [4.78, 5) is 2.66. The standard InChI is InChI=1S/C30H33N3O2S/c1-5-6-7-8-11-16-33-26-15-14-22(21(2)25(26)18-30(33,3)4)17-28-29(23(19-31)20-32)24-12-9-10-13-27(24)36(28,34)35/h9-10,12-15,17H,5-8,11,16,18H2,1-4H3/b28-17-. The zero-order chi connectivity index (χ0) is 26.1. The van der Waals surface area contributed by atoms with E-state index in [2.05, 4.69) is 31.7 Å². The Kier molecular flexibility index (Phi) is 7.12. The van der Waals surface area contributed by atoms with Gasteiger partial charge in [-0.05, 0) is 68.5 Å². The maximum atomic E-state index is 13.5. The summed E-state index contributed by atoms with van der Waals surface area (Å²) in [7, 11) is -3.85. The first-order valence-electron chi connectivity index (χ1n) is 12.7. The number of nitriles is 2. The highest BCUT2D eigenvalue weighted by Gasteiger charge is 2.39. The number of hydrogen-bond donors (Lipinski definition) is 0. The number of allylic oxidation sites excluding steroid dienone is 2. The van der Waals surface area contributed by atoms with Crippen LogP contribution < -0.4 is 4.90 Å². The number of nitrogens with zero attached hydrogens (tertiary/aromatic N) is 3. The zero-order valence-corrected chi connectivity index (χ0v) is 22.4. The second-order valence-electron chi connectivity index (χ2n) is 10.3. The third-order valence-electron chi connectivity index (χ3n) is 7.47. The Hall–Kier alpha value is -3.35. The normalized spacial score (nSPS) is 18.0. The number of fused-ring (bicyclic) bond motifs is 2. The average molecular weight is 500 g/mol. The van der Waals surface area contributed by atoms with Crippen molar-refractivity contribution in [3.8, 4) is 12.1 Å². The van der Waals surface area contributed by atoms with Crippen LogP contribution in [0.15, 0.2) is 51.8 Å². The first-order chi connectivity index (χ1) is 17.2. The molecule has 0 unspecified atom stereocenters. The Morgan fingerprint density at radius 2 is 1.75 bits per heavy atom. The predicted octanol–water partition coefficient (Wildman–Crippen LogP) is 6.74. The molecule has 0 saturated heterocycles. The Labute approximate surface area is 215 Å². The molecule has 36 heavy (non-hydrogen) atoms. The Balaban J connectivity index is 1.78. The van der Waals surface area contributed by atoms with Crippen molar-refractivity contribution in [3.05, 3.63) is 69.1 Å². The van der Waals surface area contributed by atoms with Crippen molar-refractivity contribution in [1.82, 2.24) is 0 Å². The van der Waals surface area contributed by atoms with Gasteiger partial charge in [0.15, 0.2) is 0 Å². The van der Waals surface area contributed by atoms with Crippen LogP contribution in [0.1, 0.15) is 75.1 Å². The summed E-state index contributed by atoms with van der Waals surface area (Å²) in [5.74, 6) is 0. The first-order valence-corrected chi connectivity index (χ1v) is 14.2. The van der Waals surface area contributed by atoms with E-state index in [4.69, 9.17) is 0 Å². The van der Waals surface area contributed by atoms with Crippen LogP contribution >= 0.6 is 0 Å². The molecule has 2 aliphatic heterocycles. The van der Waals surface area contributed by atoms with E-state index in [0.29, 0.717) is 5.56 Å². The summed E-state index contributed by atoms with van der Waals surface area (Å²) in [5.41, 5.74) is 4.71. The van der Waals surface area contributed by atoms with E-state index in [1.807, 2.05) is 25.1 Å². The lowest BCUT2D eigenvalue weighted by Crippen LogP contribution is -2.41. The van der Waals surface area contributed by atoms with E-state index < -0.39 is 9.84 Å². The van der Waals surface area contributed by atoms with Gasteiger partial charge in [0.25, 0.3) is 0 Å². The molecule has 0 fully saturated rings. The largest absolute Gasteiger partial charge is 0.366 e. The molecule has 0 saturated carbocycles. The second-order valence-corrected chi connectivity index (χ2v) is 12.2. The van der Waals surface area contributed by atoms with E-state index in [9.17, 15) is 18.9 Å². The highest BCUT2D eigenvalue weighted by Crippen LogP contribution is 2.47. The number of benzene rings is 2. The maximum absolute atomic E-state index is 13.5. The van der Waals surface area contributed by atoms with Gasteiger partial charge < -0.3 is 4.90 Å². The molecule has 0 spiro atoms. The minimum absolute atomic E-state index is 0.0147. The fourth-order valence-corrected chi connectivity index (χ4v) is 7.24. The van der Waals surface area contributed by atoms with E-state index in [1.165, 1.54) is 43.0 Å². The molecule has 0 radical (unpaired) electrons. The predicted molar refractivity (Wildman–Crippen MR) is 145 cm³/mol. The van der Waals surface area contributed by atoms with Gasteiger partial charge >= 0.3 is 0 Å². The minimum atomic E-state index is -3.85. The van der Waals surface area contributed by atoms with Crippen LogP contribution in [0.5, 0.6) is 0 Å². The summed E-state index contributed by atoms with van der Waals surface area (Å²) in [5, 5.41) is 19.2. The summed E-state index contributed by atoms with van der Waals surface area (Å²) in [6, 6.07) is 14.5. The monoisotopic (exact) mass is 499 g/mol. The highest BCUT2D eigenvalue weighted by atomic mass is 32.2. The molecule has 2 aliphatic rings. The van der Waals surface area contributed by atoms with Gasteiger partial charge in [0.1, 0.15) is 17.7 Å². The number of hydrogen-bond acceptors (Lipinski definition) is 5. The lowest BCUT2D eigenvalue weighted by atomic mass is 9.93. The zero-order valence-electron chi connectivity index (χ0n) is 21.6. The fourth-order valence-electron chi connectivity index (χ4n) is 5.52. The maximum Gasteiger partial charge on any atom is 0.207 e. The number of rotatable bonds is 7. The van der Waals surface area contributed by atoms with Gasteiger partial charge in [-0.3, -0.25) is 0 Å². The van der Waals surface area contributed by atoms with Crippen LogP contribution in [0.2, 0.25) is 0 Å². The van der Waals surface area contributed by atoms with Crippen LogP contribution in [0.3, 0.4) is 0 Å². The SMILES string of the molecule is CCCCCCCN1c2ccc(/C=C3/C(=C(C#N)C#N)c4ccccc4S3(=O)=O)c(C)c2CC1(C)C. The molecule has 2 aromatic rings. The van der Waals surface area contributed by atoms with Crippen molar-refractivity contribution in [1.29, 1.82) is 10.5 Å². The molecule has 186 valence electrons. The van der Waals surface area contributed by atoms with Gasteiger partial charge in [-0.1, -0.05) is 56.9 Å². The molecule has 2 aromatic carbocycles. The molecule has 2 heterocycles. The third-order valence-corrected chi connectivity index (χ3v) is 9.31. The number of unbranched alkanes of at least 4 members (excludes halogenated alkanes) is 4. The number of anilines is 1. The van der Waals surface area contributed by atoms with E-state index in [1.54, 1.807) is 24.3 Å². The van der Waals surface area contributed by atoms with Crippen molar-refractivity contribution in [2.75, 3.05) is 11.4 Å². The van der Waals surface area contributed by atoms with Gasteiger partial charge in [0.2, 0.25) is 9.84 Å². The summed E-state index contributed by atoms with van der Waals surface area (Å²) >= 11 is 0. The molecule has 5 nitrogen and oxygen atoms in total. The first kappa shape index (κ1) is 25.7. The molecule has 4 rings (SSSR count). The molecule has 0 atom stereocenters. The smallest absolute Gasteiger partial charge is 0.207 e. The summed E-state index contributed by atoms with van der Waals surface area (Å²) in [6.07, 6.45) is 8.70. The lowest BCUT2D eigenvalue weighted by Gasteiger charge is -2.34. The van der Waals surface area contributed by atoms with E-state index >= 15 is 0 Å². The van der Waals surface area contributed by atoms with Crippen molar-refractivity contribution >= 4 is 27.2 Å². The Bertz CT molecular complexity index is 1430. The molecule has 6 heteroatoms. The van der Waals surface area contributed by atoms with Gasteiger partial charge in [0, 0.05) is 28.9 Å². The Morgan fingerprint density at radius 3 is 2.44 bits per heavy atom. The van der Waals surface area contributed by atoms with Gasteiger partial charge in [-0.25, -0.2) is 8.42 Å². The Morgan fingerprint density at radius 1 is 1.06 bits per heavy atom. The lowest BCUT2D eigenvalue weighted by molar-refractivity contribution is 0.473. The van der Waals surface area contributed by atoms with Crippen LogP contribution in [0, 0.1) is 29.6 Å². The number of sulfone groups is 1. The van der Waals surface area contributed by atoms with Crippen molar-refractivity contribution < 1.29 is 8.42 Å². The van der Waals surface area contributed by atoms with Crippen molar-refractivity contribution in [2.24, 2.45) is 0 Å². The fraction of sp³-hybridized carbons (Fsp3) is 0.400. The van der Waals surface area contributed by atoms with Crippen LogP contribution in [0.4, 0.5) is 5.69 Å². The second kappa shape index (κ2) is 9.96. The van der Waals surface area contributed by atoms with Crippen molar-refractivity contribution in [3.63, 3.8) is 0 Å².